The summed E-state index contributed by atoms with van der Waals surface area (Å²) in [6, 6.07) is 5.51. The second-order valence-corrected chi connectivity index (χ2v) is 12.2. The molecule has 0 aromatic heterocycles. The van der Waals surface area contributed by atoms with Crippen LogP contribution in [0.15, 0.2) is 22.7 Å². The monoisotopic (exact) mass is 489 g/mol. The van der Waals surface area contributed by atoms with Crippen molar-refractivity contribution < 1.29 is 15.0 Å². The van der Waals surface area contributed by atoms with E-state index in [4.69, 9.17) is 0 Å². The van der Waals surface area contributed by atoms with Gasteiger partial charge in [0.1, 0.15) is 11.5 Å². The van der Waals surface area contributed by atoms with Crippen molar-refractivity contribution >= 4 is 27.5 Å². The maximum atomic E-state index is 13.3. The SMILES string of the molecule is Cc1c(Br)cc(C(C)(C)C)c(O)c1C(=O)Nc1cc(C(C)(C)C)c(O)c(C(C)(C)C)c1. The number of rotatable bonds is 2. The molecule has 5 heteroatoms. The van der Waals surface area contributed by atoms with E-state index in [1.54, 1.807) is 0 Å². The van der Waals surface area contributed by atoms with Gasteiger partial charge >= 0.3 is 0 Å². The fourth-order valence-electron chi connectivity index (χ4n) is 3.63. The van der Waals surface area contributed by atoms with E-state index in [1.807, 2.05) is 87.4 Å². The second-order valence-electron chi connectivity index (χ2n) is 11.4. The van der Waals surface area contributed by atoms with E-state index in [2.05, 4.69) is 21.2 Å². The van der Waals surface area contributed by atoms with Gasteiger partial charge in [-0.3, -0.25) is 4.79 Å². The van der Waals surface area contributed by atoms with Gasteiger partial charge in [-0.25, -0.2) is 0 Å². The molecule has 0 bridgehead atoms. The molecule has 0 aliphatic rings. The van der Waals surface area contributed by atoms with Crippen molar-refractivity contribution in [3.05, 3.63) is 50.5 Å². The van der Waals surface area contributed by atoms with Gasteiger partial charge in [-0.1, -0.05) is 78.2 Å². The maximum Gasteiger partial charge on any atom is 0.259 e. The number of nitrogens with one attached hydrogen (secondary N) is 1. The van der Waals surface area contributed by atoms with Crippen LogP contribution in [0.3, 0.4) is 0 Å². The molecule has 0 atom stereocenters. The molecule has 0 fully saturated rings. The van der Waals surface area contributed by atoms with Gasteiger partial charge in [-0.2, -0.15) is 0 Å². The van der Waals surface area contributed by atoms with Crippen LogP contribution in [-0.4, -0.2) is 16.1 Å². The van der Waals surface area contributed by atoms with E-state index in [-0.39, 0.29) is 39.2 Å². The Morgan fingerprint density at radius 3 is 1.55 bits per heavy atom. The molecule has 3 N–H and O–H groups in total. The van der Waals surface area contributed by atoms with Crippen LogP contribution in [0.1, 0.15) is 94.9 Å². The number of halogens is 1. The first-order valence-corrected chi connectivity index (χ1v) is 11.4. The minimum absolute atomic E-state index is 0.00318. The fraction of sp³-hybridized carbons (Fsp3) is 0.500. The quantitative estimate of drug-likeness (QED) is 0.387. The molecule has 0 aliphatic heterocycles. The van der Waals surface area contributed by atoms with Crippen molar-refractivity contribution in [1.29, 1.82) is 0 Å². The minimum Gasteiger partial charge on any atom is -0.507 e. The predicted octanol–water partition coefficient (Wildman–Crippen LogP) is 7.31. The van der Waals surface area contributed by atoms with Crippen LogP contribution in [-0.2, 0) is 16.2 Å². The second kappa shape index (κ2) is 8.16. The van der Waals surface area contributed by atoms with Crippen LogP contribution >= 0.6 is 15.9 Å². The molecule has 2 rings (SSSR count). The summed E-state index contributed by atoms with van der Waals surface area (Å²) >= 11 is 3.54. The fourth-order valence-corrected chi connectivity index (χ4v) is 4.06. The first-order chi connectivity index (χ1) is 13.9. The van der Waals surface area contributed by atoms with E-state index in [0.29, 0.717) is 16.8 Å². The lowest BCUT2D eigenvalue weighted by molar-refractivity contribution is 0.102. The van der Waals surface area contributed by atoms with Crippen molar-refractivity contribution in [3.8, 4) is 11.5 Å². The van der Waals surface area contributed by atoms with Crippen molar-refractivity contribution in [3.63, 3.8) is 0 Å². The number of anilines is 1. The van der Waals surface area contributed by atoms with Crippen LogP contribution in [0.2, 0.25) is 0 Å². The third kappa shape index (κ3) is 5.25. The summed E-state index contributed by atoms with van der Waals surface area (Å²) in [5.74, 6) is -0.127. The lowest BCUT2D eigenvalue weighted by atomic mass is 9.79. The van der Waals surface area contributed by atoms with Crippen LogP contribution in [0.4, 0.5) is 5.69 Å². The Kier molecular flexibility index (Phi) is 6.65. The van der Waals surface area contributed by atoms with E-state index in [0.717, 1.165) is 15.6 Å². The average Bonchev–Trinajstić information content (AvgIpc) is 2.56. The van der Waals surface area contributed by atoms with E-state index < -0.39 is 0 Å². The maximum absolute atomic E-state index is 13.3. The van der Waals surface area contributed by atoms with Gasteiger partial charge in [0.25, 0.3) is 5.91 Å². The predicted molar refractivity (Wildman–Crippen MR) is 133 cm³/mol. The topological polar surface area (TPSA) is 69.6 Å². The summed E-state index contributed by atoms with van der Waals surface area (Å²) in [7, 11) is 0. The number of phenols is 2. The molecule has 1 amide bonds. The summed E-state index contributed by atoms with van der Waals surface area (Å²) in [6.07, 6.45) is 0. The molecule has 0 saturated carbocycles. The average molecular weight is 490 g/mol. The van der Waals surface area contributed by atoms with E-state index >= 15 is 0 Å². The molecule has 170 valence electrons. The van der Waals surface area contributed by atoms with Crippen molar-refractivity contribution in [2.24, 2.45) is 0 Å². The Bertz CT molecular complexity index is 984. The molecular weight excluding hydrogens is 454 g/mol. The highest BCUT2D eigenvalue weighted by Crippen LogP contribution is 2.42. The molecule has 0 saturated heterocycles. The molecule has 4 nitrogen and oxygen atoms in total. The van der Waals surface area contributed by atoms with Crippen LogP contribution < -0.4 is 5.32 Å². The van der Waals surface area contributed by atoms with Gasteiger partial charge in [0, 0.05) is 26.9 Å². The highest BCUT2D eigenvalue weighted by molar-refractivity contribution is 9.10. The first kappa shape index (κ1) is 25.3. The number of hydrogen-bond acceptors (Lipinski definition) is 3. The first-order valence-electron chi connectivity index (χ1n) is 10.6. The summed E-state index contributed by atoms with van der Waals surface area (Å²) in [6.45, 7) is 20.0. The van der Waals surface area contributed by atoms with Gasteiger partial charge in [0.05, 0.1) is 5.56 Å². The van der Waals surface area contributed by atoms with Crippen LogP contribution in [0.5, 0.6) is 11.5 Å². The molecule has 31 heavy (non-hydrogen) atoms. The highest BCUT2D eigenvalue weighted by atomic mass is 79.9. The number of aromatic hydroxyl groups is 2. The number of amides is 1. The summed E-state index contributed by atoms with van der Waals surface area (Å²) < 4.78 is 0.775. The summed E-state index contributed by atoms with van der Waals surface area (Å²) in [5, 5.41) is 24.9. The number of carbonyl (C=O) groups is 1. The standard InChI is InChI=1S/C26H36BrNO3/c1-14-19(27)13-18(26(8,9)10)22(30)20(14)23(31)28-15-11-16(24(2,3)4)21(29)17(12-15)25(5,6)7/h11-13,29-30H,1-10H3,(H,28,31). The Morgan fingerprint density at radius 1 is 0.774 bits per heavy atom. The Morgan fingerprint density at radius 2 is 1.16 bits per heavy atom. The van der Waals surface area contributed by atoms with Crippen molar-refractivity contribution in [2.75, 3.05) is 5.32 Å². The number of phenolic OH excluding ortho intramolecular Hbond substituents is 2. The van der Waals surface area contributed by atoms with Crippen molar-refractivity contribution in [1.82, 2.24) is 0 Å². The van der Waals surface area contributed by atoms with Gasteiger partial charge in [-0.15, -0.1) is 0 Å². The van der Waals surface area contributed by atoms with E-state index in [1.165, 1.54) is 0 Å². The van der Waals surface area contributed by atoms with Gasteiger partial charge in [0.15, 0.2) is 0 Å². The van der Waals surface area contributed by atoms with E-state index in [9.17, 15) is 15.0 Å². The Balaban J connectivity index is 2.65. The Hall–Kier alpha value is -2.01. The third-order valence-electron chi connectivity index (χ3n) is 5.52. The molecule has 0 unspecified atom stereocenters. The summed E-state index contributed by atoms with van der Waals surface area (Å²) in [5.41, 5.74) is 2.81. The van der Waals surface area contributed by atoms with Gasteiger partial charge < -0.3 is 15.5 Å². The summed E-state index contributed by atoms with van der Waals surface area (Å²) in [4.78, 5) is 13.3. The lowest BCUT2D eigenvalue weighted by Gasteiger charge is -2.28. The zero-order valence-corrected chi connectivity index (χ0v) is 22.0. The smallest absolute Gasteiger partial charge is 0.259 e. The van der Waals surface area contributed by atoms with Crippen LogP contribution in [0, 0.1) is 6.92 Å². The molecule has 0 aliphatic carbocycles. The zero-order valence-electron chi connectivity index (χ0n) is 20.4. The Labute approximate surface area is 195 Å². The lowest BCUT2D eigenvalue weighted by Crippen LogP contribution is -2.21. The highest BCUT2D eigenvalue weighted by Gasteiger charge is 2.29. The number of benzene rings is 2. The van der Waals surface area contributed by atoms with Crippen LogP contribution in [0.25, 0.3) is 0 Å². The molecule has 0 spiro atoms. The minimum atomic E-state index is -0.382. The molecular formula is C26H36BrNO3. The van der Waals surface area contributed by atoms with Gasteiger partial charge in [-0.05, 0) is 46.9 Å². The third-order valence-corrected chi connectivity index (χ3v) is 6.34. The molecule has 2 aromatic carbocycles. The van der Waals surface area contributed by atoms with Gasteiger partial charge in [0.2, 0.25) is 0 Å². The largest absolute Gasteiger partial charge is 0.507 e. The molecule has 2 aromatic rings. The number of carbonyl (C=O) groups excluding carboxylic acids is 1. The molecule has 0 radical (unpaired) electrons. The normalized spacial score (nSPS) is 12.7. The van der Waals surface area contributed by atoms with Crippen molar-refractivity contribution in [2.45, 2.75) is 85.5 Å². The zero-order chi connectivity index (χ0) is 24.1. The number of hydrogen-bond donors (Lipinski definition) is 3. The molecule has 0 heterocycles.